The first-order valence-corrected chi connectivity index (χ1v) is 12.0. The Morgan fingerprint density at radius 1 is 1.06 bits per heavy atom. The van der Waals surface area contributed by atoms with Crippen LogP contribution in [0.2, 0.25) is 0 Å². The van der Waals surface area contributed by atoms with Crippen molar-refractivity contribution in [3.8, 4) is 5.75 Å². The highest BCUT2D eigenvalue weighted by atomic mass is 32.1. The van der Waals surface area contributed by atoms with Gasteiger partial charge >= 0.3 is 0 Å². The second-order valence-corrected chi connectivity index (χ2v) is 9.30. The number of carbonyl (C=O) groups is 2. The van der Waals surface area contributed by atoms with E-state index in [9.17, 15) is 14.7 Å². The zero-order chi connectivity index (χ0) is 24.4. The maximum Gasteiger partial charge on any atom is 0.296 e. The smallest absolute Gasteiger partial charge is 0.296 e. The second-order valence-electron chi connectivity index (χ2n) is 8.32. The van der Waals surface area contributed by atoms with E-state index in [1.54, 1.807) is 36.4 Å². The Morgan fingerprint density at radius 3 is 2.57 bits per heavy atom. The highest BCUT2D eigenvalue weighted by molar-refractivity contribution is 7.10. The molecule has 0 spiro atoms. The number of aliphatic hydroxyl groups excluding tert-OH is 1. The van der Waals surface area contributed by atoms with Crippen LogP contribution in [0.1, 0.15) is 33.4 Å². The first-order chi connectivity index (χ1) is 17.0. The lowest BCUT2D eigenvalue weighted by Crippen LogP contribution is -2.28. The maximum atomic E-state index is 13.1. The molecule has 1 amide bonds. The standard InChI is InChI=1S/C28H23NO5S/c1-18-5-2-6-19(15-18)17-34-21-11-9-20(10-12-21)26(30)24-25(23-8-4-14-35-23)29(28(32)27(24)31)16-22-7-3-13-33-22/h2-15,25,30H,16-17H2,1H3/t25-/m1/s1. The molecule has 0 bridgehead atoms. The van der Waals surface area contributed by atoms with Gasteiger partial charge in [-0.1, -0.05) is 35.9 Å². The maximum absolute atomic E-state index is 13.1. The number of ether oxygens (including phenoxy) is 1. The van der Waals surface area contributed by atoms with E-state index >= 15 is 0 Å². The van der Waals surface area contributed by atoms with Crippen LogP contribution in [0.25, 0.3) is 5.76 Å². The van der Waals surface area contributed by atoms with Gasteiger partial charge in [-0.25, -0.2) is 0 Å². The summed E-state index contributed by atoms with van der Waals surface area (Å²) >= 11 is 1.42. The molecule has 6 nitrogen and oxygen atoms in total. The van der Waals surface area contributed by atoms with Gasteiger partial charge in [-0.2, -0.15) is 0 Å². The Hall–Kier alpha value is -4.10. The van der Waals surface area contributed by atoms with E-state index in [1.165, 1.54) is 22.5 Å². The summed E-state index contributed by atoms with van der Waals surface area (Å²) in [6.45, 7) is 2.58. The molecule has 5 rings (SSSR count). The summed E-state index contributed by atoms with van der Waals surface area (Å²) in [6.07, 6.45) is 1.52. The predicted octanol–water partition coefficient (Wildman–Crippen LogP) is 5.85. The predicted molar refractivity (Wildman–Crippen MR) is 133 cm³/mol. The van der Waals surface area contributed by atoms with Gasteiger partial charge in [0, 0.05) is 10.4 Å². The van der Waals surface area contributed by atoms with E-state index < -0.39 is 17.7 Å². The summed E-state index contributed by atoms with van der Waals surface area (Å²) in [5, 5.41) is 13.0. The molecular formula is C28H23NO5S. The number of hydrogen-bond acceptors (Lipinski definition) is 6. The van der Waals surface area contributed by atoms with Crippen molar-refractivity contribution in [2.75, 3.05) is 0 Å². The lowest BCUT2D eigenvalue weighted by molar-refractivity contribution is -0.140. The topological polar surface area (TPSA) is 80.0 Å². The highest BCUT2D eigenvalue weighted by Crippen LogP contribution is 2.42. The van der Waals surface area contributed by atoms with Gasteiger partial charge in [0.2, 0.25) is 0 Å². The molecule has 0 aliphatic carbocycles. The average Bonchev–Trinajstić information content (AvgIpc) is 3.62. The Kier molecular flexibility index (Phi) is 6.25. The van der Waals surface area contributed by atoms with E-state index in [-0.39, 0.29) is 17.9 Å². The molecule has 4 aromatic rings. The van der Waals surface area contributed by atoms with Crippen LogP contribution < -0.4 is 4.74 Å². The Morgan fingerprint density at radius 2 is 1.89 bits per heavy atom. The molecule has 2 aromatic heterocycles. The Bertz CT molecular complexity index is 1370. The lowest BCUT2D eigenvalue weighted by atomic mass is 10.00. The number of carbonyl (C=O) groups excluding carboxylic acids is 2. The molecular weight excluding hydrogens is 462 g/mol. The van der Waals surface area contributed by atoms with Gasteiger partial charge in [0.05, 0.1) is 18.4 Å². The van der Waals surface area contributed by atoms with Gasteiger partial charge in [0.15, 0.2) is 0 Å². The number of hydrogen-bond donors (Lipinski definition) is 1. The Balaban J connectivity index is 1.43. The number of ketones is 1. The molecule has 1 aliphatic rings. The quantitative estimate of drug-likeness (QED) is 0.202. The molecule has 7 heteroatoms. The number of aliphatic hydroxyl groups is 1. The third kappa shape index (κ3) is 4.63. The Labute approximate surface area is 206 Å². The number of nitrogens with zero attached hydrogens (tertiary/aromatic N) is 1. The summed E-state index contributed by atoms with van der Waals surface area (Å²) in [7, 11) is 0. The van der Waals surface area contributed by atoms with Crippen LogP contribution in [0.3, 0.4) is 0 Å². The highest BCUT2D eigenvalue weighted by Gasteiger charge is 2.46. The van der Waals surface area contributed by atoms with Crippen LogP contribution in [0.4, 0.5) is 0 Å². The first-order valence-electron chi connectivity index (χ1n) is 11.1. The minimum Gasteiger partial charge on any atom is -0.507 e. The van der Waals surface area contributed by atoms with E-state index in [2.05, 4.69) is 6.07 Å². The summed E-state index contributed by atoms with van der Waals surface area (Å²) in [5.74, 6) is -0.402. The summed E-state index contributed by atoms with van der Waals surface area (Å²) in [6, 6.07) is 21.4. The largest absolute Gasteiger partial charge is 0.507 e. The molecule has 2 aromatic carbocycles. The van der Waals surface area contributed by atoms with Crippen LogP contribution in [0.5, 0.6) is 5.75 Å². The van der Waals surface area contributed by atoms with Crippen LogP contribution in [-0.4, -0.2) is 21.7 Å². The summed E-state index contributed by atoms with van der Waals surface area (Å²) in [5.41, 5.74) is 2.72. The average molecular weight is 486 g/mol. The molecule has 1 fully saturated rings. The third-order valence-electron chi connectivity index (χ3n) is 5.87. The SMILES string of the molecule is Cc1cccc(COc2ccc(C(O)=C3C(=O)C(=O)N(Cc4ccco4)[C@@H]3c3cccs3)cc2)c1. The minimum atomic E-state index is -0.716. The fraction of sp³-hybridized carbons (Fsp3) is 0.143. The monoisotopic (exact) mass is 485 g/mol. The number of rotatable bonds is 7. The van der Waals surface area contributed by atoms with E-state index in [1.807, 2.05) is 42.6 Å². The van der Waals surface area contributed by atoms with Gasteiger partial charge in [0.25, 0.3) is 11.7 Å². The minimum absolute atomic E-state index is 0.0671. The fourth-order valence-corrected chi connectivity index (χ4v) is 5.03. The van der Waals surface area contributed by atoms with E-state index in [0.29, 0.717) is 23.7 Å². The van der Waals surface area contributed by atoms with Crippen molar-refractivity contribution in [1.29, 1.82) is 0 Å². The van der Waals surface area contributed by atoms with Crippen molar-refractivity contribution in [3.05, 3.63) is 117 Å². The molecule has 176 valence electrons. The van der Waals surface area contributed by atoms with Gasteiger partial charge in [0.1, 0.15) is 29.9 Å². The number of benzene rings is 2. The molecule has 3 heterocycles. The molecule has 1 atom stereocenters. The van der Waals surface area contributed by atoms with E-state index in [4.69, 9.17) is 9.15 Å². The van der Waals surface area contributed by atoms with Crippen molar-refractivity contribution in [2.45, 2.75) is 26.1 Å². The van der Waals surface area contributed by atoms with Crippen LogP contribution in [0.15, 0.2) is 94.4 Å². The number of thiophene rings is 1. The van der Waals surface area contributed by atoms with Crippen molar-refractivity contribution >= 4 is 28.8 Å². The molecule has 0 saturated carbocycles. The fourth-order valence-electron chi connectivity index (χ4n) is 4.19. The normalized spacial score (nSPS) is 17.2. The molecule has 0 radical (unpaired) electrons. The van der Waals surface area contributed by atoms with E-state index in [0.717, 1.165) is 16.0 Å². The molecule has 1 aliphatic heterocycles. The lowest BCUT2D eigenvalue weighted by Gasteiger charge is -2.23. The summed E-state index contributed by atoms with van der Waals surface area (Å²) < 4.78 is 11.3. The molecule has 1 saturated heterocycles. The van der Waals surface area contributed by atoms with Gasteiger partial charge in [-0.15, -0.1) is 11.3 Å². The number of amides is 1. The second kappa shape index (κ2) is 9.64. The van der Waals surface area contributed by atoms with Gasteiger partial charge in [-0.3, -0.25) is 9.59 Å². The van der Waals surface area contributed by atoms with Crippen LogP contribution in [-0.2, 0) is 22.7 Å². The zero-order valence-electron chi connectivity index (χ0n) is 19.0. The first kappa shape index (κ1) is 22.7. The van der Waals surface area contributed by atoms with Crippen molar-refractivity contribution in [2.24, 2.45) is 0 Å². The third-order valence-corrected chi connectivity index (χ3v) is 6.80. The number of likely N-dealkylation sites (tertiary alicyclic amines) is 1. The molecule has 0 unspecified atom stereocenters. The van der Waals surface area contributed by atoms with Crippen molar-refractivity contribution < 1.29 is 23.8 Å². The van der Waals surface area contributed by atoms with Gasteiger partial charge in [-0.05, 0) is 60.3 Å². The number of Topliss-reactive ketones (excluding diaryl/α,β-unsaturated/α-hetero) is 1. The summed E-state index contributed by atoms with van der Waals surface area (Å²) in [4.78, 5) is 28.2. The van der Waals surface area contributed by atoms with Crippen molar-refractivity contribution in [1.82, 2.24) is 4.90 Å². The van der Waals surface area contributed by atoms with Crippen LogP contribution in [0, 0.1) is 6.92 Å². The van der Waals surface area contributed by atoms with Crippen LogP contribution >= 0.6 is 11.3 Å². The number of furan rings is 1. The molecule has 1 N–H and O–H groups in total. The van der Waals surface area contributed by atoms with Crippen molar-refractivity contribution in [3.63, 3.8) is 0 Å². The van der Waals surface area contributed by atoms with Gasteiger partial charge < -0.3 is 19.2 Å². The zero-order valence-corrected chi connectivity index (χ0v) is 19.8. The molecule has 35 heavy (non-hydrogen) atoms. The number of aryl methyl sites for hydroxylation is 1.